The molecule has 1 heterocycles. The standard InChI is InChI=1S/C11H12N2OS2/c1-6-11(14)13-8-5-7(10(12)15-2)3-4-9(8)16-6/h3-6,12H,1-2H3,(H,13,14). The second kappa shape index (κ2) is 4.51. The molecular formula is C11H12N2OS2. The average Bonchev–Trinajstić information content (AvgIpc) is 2.29. The lowest BCUT2D eigenvalue weighted by Gasteiger charge is -2.21. The molecule has 1 atom stereocenters. The molecule has 0 bridgehead atoms. The van der Waals surface area contributed by atoms with Crippen molar-refractivity contribution < 1.29 is 4.79 Å². The fraction of sp³-hybridized carbons (Fsp3) is 0.273. The number of hydrogen-bond acceptors (Lipinski definition) is 4. The van der Waals surface area contributed by atoms with E-state index in [-0.39, 0.29) is 11.2 Å². The molecule has 5 heteroatoms. The van der Waals surface area contributed by atoms with E-state index in [2.05, 4.69) is 5.32 Å². The Balaban J connectivity index is 2.36. The highest BCUT2D eigenvalue weighted by atomic mass is 32.2. The Hall–Kier alpha value is -0.940. The maximum absolute atomic E-state index is 11.5. The van der Waals surface area contributed by atoms with E-state index in [4.69, 9.17) is 5.41 Å². The lowest BCUT2D eigenvalue weighted by Crippen LogP contribution is -2.26. The van der Waals surface area contributed by atoms with E-state index in [1.54, 1.807) is 11.8 Å². The first kappa shape index (κ1) is 11.5. The summed E-state index contributed by atoms with van der Waals surface area (Å²) in [5, 5.41) is 11.1. The zero-order valence-electron chi connectivity index (χ0n) is 9.03. The number of carbonyl (C=O) groups is 1. The molecule has 0 spiro atoms. The number of fused-ring (bicyclic) bond motifs is 1. The van der Waals surface area contributed by atoms with Gasteiger partial charge in [-0.2, -0.15) is 0 Å². The topological polar surface area (TPSA) is 53.0 Å². The molecule has 1 aliphatic heterocycles. The number of rotatable bonds is 1. The smallest absolute Gasteiger partial charge is 0.237 e. The molecule has 2 N–H and O–H groups in total. The van der Waals surface area contributed by atoms with Crippen LogP contribution in [0.25, 0.3) is 0 Å². The summed E-state index contributed by atoms with van der Waals surface area (Å²) in [4.78, 5) is 12.6. The van der Waals surface area contributed by atoms with Gasteiger partial charge in [-0.15, -0.1) is 23.5 Å². The van der Waals surface area contributed by atoms with Gasteiger partial charge < -0.3 is 5.32 Å². The summed E-state index contributed by atoms with van der Waals surface area (Å²) in [6, 6.07) is 5.76. The summed E-state index contributed by atoms with van der Waals surface area (Å²) in [6.07, 6.45) is 1.87. The van der Waals surface area contributed by atoms with Gasteiger partial charge in [-0.3, -0.25) is 10.2 Å². The van der Waals surface area contributed by atoms with Crippen LogP contribution in [0.4, 0.5) is 5.69 Å². The van der Waals surface area contributed by atoms with Crippen molar-refractivity contribution in [2.45, 2.75) is 17.1 Å². The lowest BCUT2D eigenvalue weighted by atomic mass is 10.2. The van der Waals surface area contributed by atoms with Crippen molar-refractivity contribution in [1.82, 2.24) is 0 Å². The second-order valence-electron chi connectivity index (χ2n) is 3.49. The Labute approximate surface area is 103 Å². The molecule has 3 nitrogen and oxygen atoms in total. The van der Waals surface area contributed by atoms with E-state index in [9.17, 15) is 4.79 Å². The van der Waals surface area contributed by atoms with E-state index < -0.39 is 0 Å². The molecule has 0 fully saturated rings. The fourth-order valence-corrected chi connectivity index (χ4v) is 2.76. The van der Waals surface area contributed by atoms with E-state index in [0.29, 0.717) is 5.04 Å². The minimum Gasteiger partial charge on any atom is -0.324 e. The first-order valence-electron chi connectivity index (χ1n) is 4.86. The van der Waals surface area contributed by atoms with Crippen LogP contribution in [-0.2, 0) is 4.79 Å². The van der Waals surface area contributed by atoms with Crippen LogP contribution in [0.15, 0.2) is 23.1 Å². The van der Waals surface area contributed by atoms with Crippen molar-refractivity contribution in [3.05, 3.63) is 23.8 Å². The normalized spacial score (nSPS) is 18.9. The Bertz CT molecular complexity index is 459. The van der Waals surface area contributed by atoms with Gasteiger partial charge in [-0.25, -0.2) is 0 Å². The fourth-order valence-electron chi connectivity index (χ4n) is 1.47. The number of anilines is 1. The average molecular weight is 252 g/mol. The van der Waals surface area contributed by atoms with Crippen LogP contribution in [0.5, 0.6) is 0 Å². The molecule has 1 aliphatic rings. The molecule has 1 unspecified atom stereocenters. The molecule has 0 saturated heterocycles. The summed E-state index contributed by atoms with van der Waals surface area (Å²) in [7, 11) is 0. The minimum atomic E-state index is -0.0432. The van der Waals surface area contributed by atoms with Gasteiger partial charge in [0.15, 0.2) is 0 Å². The summed E-state index contributed by atoms with van der Waals surface area (Å²) >= 11 is 2.95. The van der Waals surface area contributed by atoms with E-state index >= 15 is 0 Å². The third kappa shape index (κ3) is 2.10. The van der Waals surface area contributed by atoms with E-state index in [0.717, 1.165) is 16.1 Å². The molecule has 1 aromatic rings. The van der Waals surface area contributed by atoms with Gasteiger partial charge in [0.25, 0.3) is 0 Å². The van der Waals surface area contributed by atoms with Gasteiger partial charge in [-0.1, -0.05) is 6.07 Å². The Morgan fingerprint density at radius 2 is 2.31 bits per heavy atom. The second-order valence-corrected chi connectivity index (χ2v) is 5.69. The van der Waals surface area contributed by atoms with Crippen LogP contribution in [0, 0.1) is 5.41 Å². The third-order valence-corrected chi connectivity index (χ3v) is 4.20. The van der Waals surface area contributed by atoms with Gasteiger partial charge in [0, 0.05) is 10.5 Å². The van der Waals surface area contributed by atoms with Crippen molar-refractivity contribution in [3.8, 4) is 0 Å². The van der Waals surface area contributed by atoms with Crippen molar-refractivity contribution in [3.63, 3.8) is 0 Å². The van der Waals surface area contributed by atoms with Gasteiger partial charge in [0.1, 0.15) is 0 Å². The van der Waals surface area contributed by atoms with Crippen LogP contribution in [0.1, 0.15) is 12.5 Å². The number of carbonyl (C=O) groups excluding carboxylic acids is 1. The SMILES string of the molecule is CSC(=N)c1ccc2c(c1)NC(=O)C(C)S2. The van der Waals surface area contributed by atoms with E-state index in [1.165, 1.54) is 11.8 Å². The number of benzene rings is 1. The Kier molecular flexibility index (Phi) is 3.25. The molecule has 1 aromatic carbocycles. The van der Waals surface area contributed by atoms with Crippen molar-refractivity contribution in [1.29, 1.82) is 5.41 Å². The summed E-state index contributed by atoms with van der Waals surface area (Å²) in [5.41, 5.74) is 1.67. The highest BCUT2D eigenvalue weighted by molar-refractivity contribution is 8.13. The maximum atomic E-state index is 11.5. The molecule has 0 saturated carbocycles. The van der Waals surface area contributed by atoms with Gasteiger partial charge >= 0.3 is 0 Å². The Morgan fingerprint density at radius 1 is 1.56 bits per heavy atom. The highest BCUT2D eigenvalue weighted by Crippen LogP contribution is 2.36. The monoisotopic (exact) mass is 252 g/mol. The molecule has 0 aromatic heterocycles. The van der Waals surface area contributed by atoms with Gasteiger partial charge in [0.2, 0.25) is 5.91 Å². The maximum Gasteiger partial charge on any atom is 0.237 e. The summed E-state index contributed by atoms with van der Waals surface area (Å²) in [6.45, 7) is 1.89. The van der Waals surface area contributed by atoms with Crippen LogP contribution in [-0.4, -0.2) is 22.5 Å². The van der Waals surface area contributed by atoms with Gasteiger partial charge in [-0.05, 0) is 25.3 Å². The predicted octanol–water partition coefficient (Wildman–Crippen LogP) is 2.81. The molecule has 84 valence electrons. The summed E-state index contributed by atoms with van der Waals surface area (Å²) < 4.78 is 0. The molecular weight excluding hydrogens is 240 g/mol. The largest absolute Gasteiger partial charge is 0.324 e. The first-order valence-corrected chi connectivity index (χ1v) is 6.96. The number of nitrogens with one attached hydrogen (secondary N) is 2. The lowest BCUT2D eigenvalue weighted by molar-refractivity contribution is -0.115. The molecule has 16 heavy (non-hydrogen) atoms. The van der Waals surface area contributed by atoms with Crippen LogP contribution in [0.2, 0.25) is 0 Å². The zero-order chi connectivity index (χ0) is 11.7. The third-order valence-electron chi connectivity index (χ3n) is 2.38. The van der Waals surface area contributed by atoms with E-state index in [1.807, 2.05) is 31.4 Å². The molecule has 1 amide bonds. The zero-order valence-corrected chi connectivity index (χ0v) is 10.7. The number of hydrogen-bond donors (Lipinski definition) is 2. The Morgan fingerprint density at radius 3 is 3.00 bits per heavy atom. The van der Waals surface area contributed by atoms with Crippen molar-refractivity contribution in [2.75, 3.05) is 11.6 Å². The summed E-state index contributed by atoms with van der Waals surface area (Å²) in [5.74, 6) is 0.0327. The molecule has 0 aliphatic carbocycles. The minimum absolute atomic E-state index is 0.0327. The number of thioether (sulfide) groups is 2. The molecule has 0 radical (unpaired) electrons. The first-order chi connectivity index (χ1) is 7.61. The van der Waals surface area contributed by atoms with Crippen LogP contribution >= 0.6 is 23.5 Å². The van der Waals surface area contributed by atoms with Crippen LogP contribution < -0.4 is 5.32 Å². The van der Waals surface area contributed by atoms with Gasteiger partial charge in [0.05, 0.1) is 16.0 Å². The predicted molar refractivity (Wildman–Crippen MR) is 70.7 cm³/mol. The highest BCUT2D eigenvalue weighted by Gasteiger charge is 2.23. The molecule has 2 rings (SSSR count). The van der Waals surface area contributed by atoms with Crippen molar-refractivity contribution >= 4 is 40.2 Å². The quantitative estimate of drug-likeness (QED) is 0.597. The number of amides is 1. The van der Waals surface area contributed by atoms with Crippen LogP contribution in [0.3, 0.4) is 0 Å². The van der Waals surface area contributed by atoms with Crippen molar-refractivity contribution in [2.24, 2.45) is 0 Å².